The zero-order chi connectivity index (χ0) is 21.8. The van der Waals surface area contributed by atoms with Crippen molar-refractivity contribution in [3.63, 3.8) is 0 Å². The Morgan fingerprint density at radius 2 is 2.07 bits per heavy atom. The lowest BCUT2D eigenvalue weighted by Crippen LogP contribution is -2.32. The van der Waals surface area contributed by atoms with Crippen LogP contribution in [0.1, 0.15) is 57.8 Å². The maximum absolute atomic E-state index is 12.9. The third-order valence-electron chi connectivity index (χ3n) is 5.17. The molecule has 3 rings (SSSR count). The molecule has 0 saturated carbocycles. The molecule has 2 aromatic rings. The summed E-state index contributed by atoms with van der Waals surface area (Å²) >= 11 is 1.39. The topological polar surface area (TPSA) is 108 Å². The number of rotatable bonds is 6. The van der Waals surface area contributed by atoms with Crippen LogP contribution in [0.3, 0.4) is 0 Å². The largest absolute Gasteiger partial charge is 0.465 e. The Bertz CT molecular complexity index is 968. The van der Waals surface area contributed by atoms with Gasteiger partial charge < -0.3 is 20.5 Å². The van der Waals surface area contributed by atoms with Gasteiger partial charge in [-0.05, 0) is 55.4 Å². The summed E-state index contributed by atoms with van der Waals surface area (Å²) in [6.07, 6.45) is 1.91. The van der Waals surface area contributed by atoms with Crippen LogP contribution < -0.4 is 11.1 Å². The maximum atomic E-state index is 12.9. The first-order valence-electron chi connectivity index (χ1n) is 9.94. The number of methoxy groups -OCH3 is 1. The van der Waals surface area contributed by atoms with Crippen molar-refractivity contribution in [2.24, 2.45) is 5.92 Å². The Labute approximate surface area is 179 Å². The average molecular weight is 431 g/mol. The van der Waals surface area contributed by atoms with Gasteiger partial charge in [-0.15, -0.1) is 11.3 Å². The monoisotopic (exact) mass is 430 g/mol. The van der Waals surface area contributed by atoms with Crippen molar-refractivity contribution < 1.29 is 23.9 Å². The van der Waals surface area contributed by atoms with Crippen molar-refractivity contribution >= 4 is 39.9 Å². The molecular weight excluding hydrogens is 404 g/mol. The van der Waals surface area contributed by atoms with Crippen LogP contribution in [-0.4, -0.2) is 31.1 Å². The molecular formula is C22H26N2O5S. The van der Waals surface area contributed by atoms with Gasteiger partial charge in [0.15, 0.2) is 6.10 Å². The third-order valence-corrected chi connectivity index (χ3v) is 6.34. The van der Waals surface area contributed by atoms with E-state index >= 15 is 0 Å². The molecule has 0 saturated heterocycles. The molecule has 30 heavy (non-hydrogen) atoms. The number of amides is 1. The Morgan fingerprint density at radius 3 is 2.73 bits per heavy atom. The Morgan fingerprint density at radius 1 is 1.30 bits per heavy atom. The van der Waals surface area contributed by atoms with E-state index in [0.29, 0.717) is 22.2 Å². The number of thiophene rings is 1. The van der Waals surface area contributed by atoms with Crippen molar-refractivity contribution in [3.05, 3.63) is 45.8 Å². The highest BCUT2D eigenvalue weighted by molar-refractivity contribution is 7.17. The van der Waals surface area contributed by atoms with Gasteiger partial charge in [0, 0.05) is 10.6 Å². The lowest BCUT2D eigenvalue weighted by atomic mass is 9.88. The number of nitrogen functional groups attached to an aromatic ring is 1. The zero-order valence-corrected chi connectivity index (χ0v) is 18.1. The molecule has 1 heterocycles. The first-order valence-corrected chi connectivity index (χ1v) is 10.8. The van der Waals surface area contributed by atoms with Crippen LogP contribution in [0, 0.1) is 5.92 Å². The van der Waals surface area contributed by atoms with E-state index in [0.717, 1.165) is 29.7 Å². The van der Waals surface area contributed by atoms with Crippen LogP contribution in [0.2, 0.25) is 0 Å². The van der Waals surface area contributed by atoms with Gasteiger partial charge in [-0.2, -0.15) is 0 Å². The second kappa shape index (κ2) is 9.30. The number of carbonyl (C=O) groups excluding carboxylic acids is 3. The van der Waals surface area contributed by atoms with E-state index < -0.39 is 23.9 Å². The van der Waals surface area contributed by atoms with Crippen molar-refractivity contribution in [2.45, 2.75) is 45.6 Å². The molecule has 0 spiro atoms. The van der Waals surface area contributed by atoms with Crippen LogP contribution in [0.4, 0.5) is 10.7 Å². The van der Waals surface area contributed by atoms with Crippen molar-refractivity contribution in [1.29, 1.82) is 0 Å². The lowest BCUT2D eigenvalue weighted by molar-refractivity contribution is -0.124. The number of anilines is 2. The van der Waals surface area contributed by atoms with E-state index in [2.05, 4.69) is 12.2 Å². The molecule has 1 aromatic carbocycles. The van der Waals surface area contributed by atoms with Gasteiger partial charge in [-0.1, -0.05) is 19.9 Å². The number of hydrogen-bond acceptors (Lipinski definition) is 7. The van der Waals surface area contributed by atoms with E-state index in [4.69, 9.17) is 15.2 Å². The molecule has 8 heteroatoms. The molecule has 0 bridgehead atoms. The average Bonchev–Trinajstić information content (AvgIpc) is 3.07. The molecule has 160 valence electrons. The molecule has 2 unspecified atom stereocenters. The Hall–Kier alpha value is -2.87. The van der Waals surface area contributed by atoms with Crippen LogP contribution in [0.15, 0.2) is 24.3 Å². The fourth-order valence-electron chi connectivity index (χ4n) is 3.53. The predicted molar refractivity (Wildman–Crippen MR) is 116 cm³/mol. The second-order valence-corrected chi connectivity index (χ2v) is 8.57. The minimum Gasteiger partial charge on any atom is -0.465 e. The summed E-state index contributed by atoms with van der Waals surface area (Å²) in [4.78, 5) is 38.8. The van der Waals surface area contributed by atoms with Gasteiger partial charge >= 0.3 is 11.9 Å². The number of nitrogens with two attached hydrogens (primary N) is 1. The Kier molecular flexibility index (Phi) is 6.77. The van der Waals surface area contributed by atoms with Crippen molar-refractivity contribution in [2.75, 3.05) is 18.2 Å². The summed E-state index contributed by atoms with van der Waals surface area (Å²) in [5.41, 5.74) is 7.78. The van der Waals surface area contributed by atoms with Gasteiger partial charge in [-0.25, -0.2) is 9.59 Å². The highest BCUT2D eigenvalue weighted by Crippen LogP contribution is 2.40. The number of hydrogen-bond donors (Lipinski definition) is 2. The summed E-state index contributed by atoms with van der Waals surface area (Å²) in [6.45, 7) is 3.92. The summed E-state index contributed by atoms with van der Waals surface area (Å²) in [5.74, 6) is -1.06. The molecule has 7 nitrogen and oxygen atoms in total. The third kappa shape index (κ3) is 4.64. The molecule has 1 amide bonds. The molecule has 1 aliphatic rings. The van der Waals surface area contributed by atoms with E-state index in [1.165, 1.54) is 24.5 Å². The molecule has 3 N–H and O–H groups in total. The van der Waals surface area contributed by atoms with Crippen LogP contribution in [-0.2, 0) is 27.1 Å². The standard InChI is InChI=1S/C22H26N2O5S/c1-4-16(29-21(26)13-6-5-7-14(23)11-13)19(25)24-20-18(22(27)28-3)15-9-8-12(2)10-17(15)30-20/h5-7,11-12,16H,4,8-10,23H2,1-3H3,(H,24,25). The van der Waals surface area contributed by atoms with E-state index in [1.54, 1.807) is 25.1 Å². The summed E-state index contributed by atoms with van der Waals surface area (Å²) in [5, 5.41) is 3.24. The lowest BCUT2D eigenvalue weighted by Gasteiger charge is -2.18. The first-order chi connectivity index (χ1) is 14.3. The van der Waals surface area contributed by atoms with Gasteiger partial charge in [-0.3, -0.25) is 4.79 Å². The van der Waals surface area contributed by atoms with Crippen LogP contribution in [0.5, 0.6) is 0 Å². The fourth-order valence-corrected chi connectivity index (χ4v) is 4.94. The smallest absolute Gasteiger partial charge is 0.341 e. The quantitative estimate of drug-likeness (QED) is 0.533. The zero-order valence-electron chi connectivity index (χ0n) is 17.3. The fraction of sp³-hybridized carbons (Fsp3) is 0.409. The molecule has 0 fully saturated rings. The van der Waals surface area contributed by atoms with Gasteiger partial charge in [0.2, 0.25) is 0 Å². The number of ether oxygens (including phenoxy) is 2. The van der Waals surface area contributed by atoms with Crippen LogP contribution >= 0.6 is 11.3 Å². The molecule has 1 aromatic heterocycles. The number of nitrogens with one attached hydrogen (secondary N) is 1. The van der Waals surface area contributed by atoms with E-state index in [1.807, 2.05) is 0 Å². The minimum absolute atomic E-state index is 0.275. The maximum Gasteiger partial charge on any atom is 0.341 e. The highest BCUT2D eigenvalue weighted by atomic mass is 32.1. The molecule has 0 radical (unpaired) electrons. The normalized spacial score (nSPS) is 16.3. The number of fused-ring (bicyclic) bond motifs is 1. The summed E-state index contributed by atoms with van der Waals surface area (Å²) in [6, 6.07) is 6.38. The summed E-state index contributed by atoms with van der Waals surface area (Å²) < 4.78 is 10.4. The van der Waals surface area contributed by atoms with E-state index in [9.17, 15) is 14.4 Å². The summed E-state index contributed by atoms with van der Waals surface area (Å²) in [7, 11) is 1.33. The SMILES string of the molecule is CCC(OC(=O)c1cccc(N)c1)C(=O)Nc1sc2c(c1C(=O)OC)CCC(C)C2. The minimum atomic E-state index is -0.998. The molecule has 2 atom stereocenters. The molecule has 1 aliphatic carbocycles. The molecule has 0 aliphatic heterocycles. The van der Waals surface area contributed by atoms with Gasteiger partial charge in [0.25, 0.3) is 5.91 Å². The Balaban J connectivity index is 1.80. The van der Waals surface area contributed by atoms with Crippen molar-refractivity contribution in [1.82, 2.24) is 0 Å². The number of esters is 2. The van der Waals surface area contributed by atoms with Gasteiger partial charge in [0.1, 0.15) is 5.00 Å². The van der Waals surface area contributed by atoms with Gasteiger partial charge in [0.05, 0.1) is 18.2 Å². The van der Waals surface area contributed by atoms with Crippen LogP contribution in [0.25, 0.3) is 0 Å². The van der Waals surface area contributed by atoms with Crippen molar-refractivity contribution in [3.8, 4) is 0 Å². The highest BCUT2D eigenvalue weighted by Gasteiger charge is 2.30. The number of carbonyl (C=O) groups is 3. The number of benzene rings is 1. The second-order valence-electron chi connectivity index (χ2n) is 7.46. The first kappa shape index (κ1) is 21.8. The predicted octanol–water partition coefficient (Wildman–Crippen LogP) is 3.82. The van der Waals surface area contributed by atoms with E-state index in [-0.39, 0.29) is 12.0 Å².